The molecule has 0 heterocycles. The maximum Gasteiger partial charge on any atom is 0.328 e. The summed E-state index contributed by atoms with van der Waals surface area (Å²) in [5, 5.41) is 15.1. The van der Waals surface area contributed by atoms with Crippen LogP contribution in [-0.2, 0) is 11.3 Å². The molecule has 0 fully saturated rings. The summed E-state index contributed by atoms with van der Waals surface area (Å²) < 4.78 is 14.3. The molecule has 0 saturated heterocycles. The summed E-state index contributed by atoms with van der Waals surface area (Å²) >= 11 is 0. The van der Waals surface area contributed by atoms with E-state index < -0.39 is 11.8 Å². The molecule has 222 valence electrons. The molecule has 0 radical (unpaired) electrons. The number of hydrogen-bond acceptors (Lipinski definition) is 5. The van der Waals surface area contributed by atoms with Crippen LogP contribution in [0.2, 0.25) is 0 Å². The lowest BCUT2D eigenvalue weighted by molar-refractivity contribution is -0.108. The molecule has 1 aliphatic rings. The Bertz CT molecular complexity index is 1450. The second-order valence-electron chi connectivity index (χ2n) is 9.74. The average Bonchev–Trinajstić information content (AvgIpc) is 2.92. The van der Waals surface area contributed by atoms with Crippen molar-refractivity contribution < 1.29 is 14.0 Å². The lowest BCUT2D eigenvalue weighted by atomic mass is 10.0. The van der Waals surface area contributed by atoms with Crippen molar-refractivity contribution in [3.8, 4) is 6.07 Å². The quantitative estimate of drug-likeness (QED) is 0.126. The molecule has 2 rings (SSSR count). The van der Waals surface area contributed by atoms with Gasteiger partial charge in [-0.25, -0.2) is 14.2 Å². The van der Waals surface area contributed by atoms with Gasteiger partial charge in [0.15, 0.2) is 0 Å². The van der Waals surface area contributed by atoms with Crippen LogP contribution in [0.25, 0.3) is 0 Å². The van der Waals surface area contributed by atoms with Crippen molar-refractivity contribution in [2.45, 2.75) is 59.0 Å². The molecule has 42 heavy (non-hydrogen) atoms. The number of amides is 3. The zero-order valence-corrected chi connectivity index (χ0v) is 27.9. The van der Waals surface area contributed by atoms with E-state index in [1.165, 1.54) is 11.0 Å². The third-order valence-electron chi connectivity index (χ3n) is 5.87. The lowest BCUT2D eigenvalue weighted by Crippen LogP contribution is -2.47. The Morgan fingerprint density at radius 2 is 1.95 bits per heavy atom. The van der Waals surface area contributed by atoms with Gasteiger partial charge >= 0.3 is 6.03 Å². The van der Waals surface area contributed by atoms with Crippen LogP contribution in [-0.4, -0.2) is 40.5 Å². The number of allylic oxidation sites excluding steroid dienone is 8. The molecule has 3 amide bonds. The molecular formula is C30H38FN6O2P3. The number of nitrogens with one attached hydrogen (secondary N) is 2. The fraction of sp³-hybridized carbons (Fsp3) is 0.300. The van der Waals surface area contributed by atoms with Crippen molar-refractivity contribution in [3.63, 3.8) is 0 Å². The summed E-state index contributed by atoms with van der Waals surface area (Å²) in [5.74, 6) is -0.706. The van der Waals surface area contributed by atoms with E-state index in [-0.39, 0.29) is 29.4 Å². The number of benzene rings is 1. The molecule has 0 aromatic heterocycles. The van der Waals surface area contributed by atoms with Crippen molar-refractivity contribution in [2.75, 3.05) is 0 Å². The molecule has 0 spiro atoms. The Hall–Kier alpha value is -3.29. The molecule has 0 aliphatic heterocycles. The van der Waals surface area contributed by atoms with Crippen molar-refractivity contribution >= 4 is 57.1 Å². The predicted molar refractivity (Wildman–Crippen MR) is 180 cm³/mol. The highest BCUT2D eigenvalue weighted by atomic mass is 31.1. The summed E-state index contributed by atoms with van der Waals surface area (Å²) in [4.78, 5) is 35.8. The first kappa shape index (κ1) is 34.9. The summed E-state index contributed by atoms with van der Waals surface area (Å²) in [6.07, 6.45) is 12.3. The monoisotopic (exact) mass is 626 g/mol. The number of nitriles is 1. The number of carbonyl (C=O) groups excluding carboxylic acids is 2. The van der Waals surface area contributed by atoms with Gasteiger partial charge in [0, 0.05) is 17.0 Å². The minimum atomic E-state index is -0.627. The van der Waals surface area contributed by atoms with Crippen molar-refractivity contribution in [1.82, 2.24) is 15.5 Å². The van der Waals surface area contributed by atoms with E-state index in [0.717, 1.165) is 23.3 Å². The Morgan fingerprint density at radius 1 is 1.24 bits per heavy atom. The lowest BCUT2D eigenvalue weighted by Gasteiger charge is -2.25. The van der Waals surface area contributed by atoms with Crippen LogP contribution in [0.5, 0.6) is 0 Å². The van der Waals surface area contributed by atoms with Crippen LogP contribution in [0.1, 0.15) is 52.2 Å². The van der Waals surface area contributed by atoms with E-state index in [0.29, 0.717) is 28.8 Å². The third kappa shape index (κ3) is 10.5. The molecule has 1 aromatic rings. The molecule has 0 saturated carbocycles. The predicted octanol–water partition coefficient (Wildman–Crippen LogP) is 5.38. The van der Waals surface area contributed by atoms with Gasteiger partial charge in [-0.05, 0) is 94.0 Å². The van der Waals surface area contributed by atoms with Gasteiger partial charge in [-0.1, -0.05) is 17.7 Å². The summed E-state index contributed by atoms with van der Waals surface area (Å²) in [7, 11) is 7.77. The Balaban J connectivity index is 2.43. The molecule has 12 heteroatoms. The van der Waals surface area contributed by atoms with Crippen molar-refractivity contribution in [2.24, 2.45) is 9.98 Å². The van der Waals surface area contributed by atoms with E-state index in [1.807, 2.05) is 51.1 Å². The van der Waals surface area contributed by atoms with Gasteiger partial charge in [-0.15, -0.1) is 27.7 Å². The Labute approximate surface area is 254 Å². The summed E-state index contributed by atoms with van der Waals surface area (Å²) in [5.41, 5.74) is 4.11. The number of guanidine groups is 1. The highest BCUT2D eigenvalue weighted by molar-refractivity contribution is 7.37. The molecule has 8 nitrogen and oxygen atoms in total. The topological polar surface area (TPSA) is 110 Å². The first-order valence-electron chi connectivity index (χ1n) is 13.2. The standard InChI is InChI=1S/C30H38FN6O2P3/c1-6-21-14-23(8-9-25(21)34-19(5)11-27(41)42)35-29(33-17-38)36-30(39)37(24(7-2)10-18(3)4)16-20-12-22(15-32)28(31)26(40)13-20/h6-10,12-14,17,19,27H,11,16,40-42H2,1-5H3,(H2,33,35,36,38,39)/b21-6-,24-7+,34-25?. The largest absolute Gasteiger partial charge is 0.328 e. The Morgan fingerprint density at radius 3 is 2.52 bits per heavy atom. The third-order valence-corrected chi connectivity index (χ3v) is 6.83. The van der Waals surface area contributed by atoms with Gasteiger partial charge in [0.05, 0.1) is 23.5 Å². The number of urea groups is 1. The number of rotatable bonds is 9. The molecule has 4 atom stereocenters. The van der Waals surface area contributed by atoms with Crippen LogP contribution in [0.4, 0.5) is 9.18 Å². The van der Waals surface area contributed by atoms with Crippen LogP contribution < -0.4 is 15.9 Å². The minimum absolute atomic E-state index is 0.0245. The van der Waals surface area contributed by atoms with E-state index in [2.05, 4.69) is 50.3 Å². The van der Waals surface area contributed by atoms with Gasteiger partial charge in [0.1, 0.15) is 11.9 Å². The van der Waals surface area contributed by atoms with E-state index in [9.17, 15) is 19.2 Å². The van der Waals surface area contributed by atoms with Gasteiger partial charge in [0.2, 0.25) is 12.4 Å². The fourth-order valence-electron chi connectivity index (χ4n) is 4.05. The first-order chi connectivity index (χ1) is 19.9. The van der Waals surface area contributed by atoms with Gasteiger partial charge in [-0.3, -0.25) is 25.3 Å². The van der Waals surface area contributed by atoms with Crippen LogP contribution in [0.3, 0.4) is 0 Å². The van der Waals surface area contributed by atoms with E-state index >= 15 is 0 Å². The maximum absolute atomic E-state index is 14.3. The van der Waals surface area contributed by atoms with Crippen molar-refractivity contribution in [3.05, 3.63) is 88.1 Å². The summed E-state index contributed by atoms with van der Waals surface area (Å²) in [6.45, 7) is 9.56. The van der Waals surface area contributed by atoms with E-state index in [1.54, 1.807) is 25.1 Å². The smallest absolute Gasteiger partial charge is 0.299 e. The molecule has 1 aliphatic carbocycles. The normalized spacial score (nSPS) is 16.2. The van der Waals surface area contributed by atoms with Gasteiger partial charge in [-0.2, -0.15) is 5.26 Å². The van der Waals surface area contributed by atoms with Crippen LogP contribution in [0.15, 0.2) is 81.1 Å². The SMILES string of the molecule is C/C=C1/C=C(N=C(NC=O)NC(=O)N(Cc2cc(P)c(F)c(C#N)c2)/C(C=C(C)C)=C/C)C=CC1=NC(C)CC(P)P. The zero-order valence-electron chi connectivity index (χ0n) is 24.5. The molecule has 1 aromatic carbocycles. The molecule has 0 bridgehead atoms. The first-order valence-corrected chi connectivity index (χ1v) is 15.1. The second kappa shape index (κ2) is 17.0. The minimum Gasteiger partial charge on any atom is -0.299 e. The zero-order chi connectivity index (χ0) is 31.4. The summed E-state index contributed by atoms with van der Waals surface area (Å²) in [6, 6.07) is 4.35. The van der Waals surface area contributed by atoms with Crippen LogP contribution in [0, 0.1) is 17.1 Å². The number of nitrogens with zero attached hydrogens (tertiary/aromatic N) is 4. The number of halogens is 1. The fourth-order valence-corrected chi connectivity index (χ4v) is 5.21. The maximum atomic E-state index is 14.3. The number of hydrogen-bond donors (Lipinski definition) is 2. The van der Waals surface area contributed by atoms with Gasteiger partial charge < -0.3 is 0 Å². The highest BCUT2D eigenvalue weighted by Crippen LogP contribution is 2.21. The molecule has 2 N–H and O–H groups in total. The van der Waals surface area contributed by atoms with Crippen LogP contribution >= 0.6 is 27.7 Å². The number of carbonyl (C=O) groups is 2. The van der Waals surface area contributed by atoms with Gasteiger partial charge in [0.25, 0.3) is 0 Å². The average molecular weight is 627 g/mol. The molecule has 4 unspecified atom stereocenters. The number of aliphatic imine (C=N–C) groups is 2. The Kier molecular flexibility index (Phi) is 14.1. The van der Waals surface area contributed by atoms with E-state index in [4.69, 9.17) is 4.99 Å². The molecular weight excluding hydrogens is 588 g/mol. The second-order valence-corrected chi connectivity index (χ2v) is 12.8. The van der Waals surface area contributed by atoms with Crippen molar-refractivity contribution in [1.29, 1.82) is 5.26 Å². The highest BCUT2D eigenvalue weighted by Gasteiger charge is 2.21.